The number of nitrogens with two attached hydrogens (primary N) is 1. The van der Waals surface area contributed by atoms with E-state index in [1.807, 2.05) is 0 Å². The van der Waals surface area contributed by atoms with Gasteiger partial charge in [0, 0.05) is 36.0 Å². The van der Waals surface area contributed by atoms with Gasteiger partial charge in [-0.1, -0.05) is 6.07 Å². The van der Waals surface area contributed by atoms with Gasteiger partial charge in [0.15, 0.2) is 0 Å². The molecule has 4 rings (SSSR count). The first kappa shape index (κ1) is 29.1. The molecule has 0 aliphatic rings. The maximum atomic E-state index is 12.4. The van der Waals surface area contributed by atoms with E-state index < -0.39 is 22.4 Å². The molecule has 0 aliphatic carbocycles. The molecule has 1 heterocycles. The molecular formula is C26H24F3N7O4S. The number of hydrogen-bond acceptors (Lipinski definition) is 8. The van der Waals surface area contributed by atoms with E-state index in [-0.39, 0.29) is 16.6 Å². The number of halogens is 3. The molecule has 0 aliphatic heterocycles. The fraction of sp³-hybridized carbons (Fsp3) is 0.115. The lowest BCUT2D eigenvalue weighted by molar-refractivity contribution is -0.274. The summed E-state index contributed by atoms with van der Waals surface area (Å²) < 4.78 is 64.3. The Morgan fingerprint density at radius 1 is 0.976 bits per heavy atom. The van der Waals surface area contributed by atoms with Crippen LogP contribution in [0.1, 0.15) is 5.56 Å². The Bertz CT molecular complexity index is 1670. The van der Waals surface area contributed by atoms with Crippen LogP contribution in [0.4, 0.5) is 52.5 Å². The molecule has 0 bridgehead atoms. The zero-order valence-electron chi connectivity index (χ0n) is 21.6. The van der Waals surface area contributed by atoms with Crippen molar-refractivity contribution < 1.29 is 31.1 Å². The lowest BCUT2D eigenvalue weighted by Crippen LogP contribution is -2.20. The SMILES string of the molecule is Cc1cc(OC(F)(F)F)ccc1NC(=O)Nc1ccc(N(C)c2ccnc(Nc3cccc(S(N)(=O)=O)c3)n2)cc1. The molecule has 4 aromatic rings. The van der Waals surface area contributed by atoms with Gasteiger partial charge in [-0.25, -0.2) is 23.3 Å². The molecule has 0 saturated carbocycles. The minimum absolute atomic E-state index is 0.0540. The molecule has 1 aromatic heterocycles. The molecule has 41 heavy (non-hydrogen) atoms. The number of rotatable bonds is 8. The van der Waals surface area contributed by atoms with E-state index in [0.29, 0.717) is 28.4 Å². The Balaban J connectivity index is 1.39. The topological polar surface area (TPSA) is 152 Å². The van der Waals surface area contributed by atoms with Gasteiger partial charge in [-0.2, -0.15) is 4.98 Å². The van der Waals surface area contributed by atoms with Crippen molar-refractivity contribution in [3.8, 4) is 5.75 Å². The maximum Gasteiger partial charge on any atom is 0.573 e. The lowest BCUT2D eigenvalue weighted by atomic mass is 10.2. The first-order valence-corrected chi connectivity index (χ1v) is 13.3. The highest BCUT2D eigenvalue weighted by Gasteiger charge is 2.31. The Morgan fingerprint density at radius 3 is 2.37 bits per heavy atom. The minimum atomic E-state index is -4.81. The number of primary sulfonamides is 1. The van der Waals surface area contributed by atoms with Crippen molar-refractivity contribution in [2.24, 2.45) is 5.14 Å². The number of nitrogens with one attached hydrogen (secondary N) is 3. The third kappa shape index (κ3) is 8.06. The van der Waals surface area contributed by atoms with Crippen molar-refractivity contribution >= 4 is 50.6 Å². The van der Waals surface area contributed by atoms with Crippen LogP contribution in [0, 0.1) is 6.92 Å². The zero-order valence-corrected chi connectivity index (χ0v) is 22.4. The number of sulfonamides is 1. The zero-order chi connectivity index (χ0) is 29.8. The normalized spacial score (nSPS) is 11.5. The van der Waals surface area contributed by atoms with Crippen LogP contribution < -0.4 is 30.7 Å². The molecule has 214 valence electrons. The van der Waals surface area contributed by atoms with E-state index in [9.17, 15) is 26.4 Å². The van der Waals surface area contributed by atoms with E-state index in [0.717, 1.165) is 11.8 Å². The molecule has 5 N–H and O–H groups in total. The fourth-order valence-corrected chi connectivity index (χ4v) is 4.19. The first-order valence-electron chi connectivity index (χ1n) is 11.8. The second kappa shape index (κ2) is 11.7. The number of alkyl halides is 3. The highest BCUT2D eigenvalue weighted by Crippen LogP contribution is 2.28. The second-order valence-electron chi connectivity index (χ2n) is 8.65. The molecule has 0 atom stereocenters. The Hall–Kier alpha value is -4.89. The average molecular weight is 588 g/mol. The summed E-state index contributed by atoms with van der Waals surface area (Å²) in [5.41, 5.74) is 2.33. The van der Waals surface area contributed by atoms with Gasteiger partial charge in [-0.05, 0) is 79.2 Å². The number of aryl methyl sites for hydroxylation is 1. The van der Waals surface area contributed by atoms with E-state index in [2.05, 4.69) is 30.7 Å². The third-order valence-electron chi connectivity index (χ3n) is 5.60. The van der Waals surface area contributed by atoms with Crippen LogP contribution in [0.3, 0.4) is 0 Å². The third-order valence-corrected chi connectivity index (χ3v) is 6.51. The molecule has 3 aromatic carbocycles. The number of nitrogens with zero attached hydrogens (tertiary/aromatic N) is 3. The number of carbonyl (C=O) groups excluding carboxylic acids is 1. The van der Waals surface area contributed by atoms with Crippen LogP contribution in [-0.4, -0.2) is 37.8 Å². The lowest BCUT2D eigenvalue weighted by Gasteiger charge is -2.19. The van der Waals surface area contributed by atoms with Crippen LogP contribution in [0.5, 0.6) is 5.75 Å². The number of benzene rings is 3. The van der Waals surface area contributed by atoms with Crippen molar-refractivity contribution in [3.63, 3.8) is 0 Å². The van der Waals surface area contributed by atoms with Crippen molar-refractivity contribution in [2.75, 3.05) is 27.9 Å². The van der Waals surface area contributed by atoms with Crippen LogP contribution >= 0.6 is 0 Å². The summed E-state index contributed by atoms with van der Waals surface area (Å²) in [6.07, 6.45) is -3.27. The molecule has 15 heteroatoms. The molecule has 0 fully saturated rings. The number of ether oxygens (including phenoxy) is 1. The van der Waals surface area contributed by atoms with Crippen molar-refractivity contribution in [2.45, 2.75) is 18.2 Å². The van der Waals surface area contributed by atoms with Gasteiger partial charge in [0.1, 0.15) is 11.6 Å². The highest BCUT2D eigenvalue weighted by molar-refractivity contribution is 7.89. The summed E-state index contributed by atoms with van der Waals surface area (Å²) >= 11 is 0. The summed E-state index contributed by atoms with van der Waals surface area (Å²) in [7, 11) is -2.09. The van der Waals surface area contributed by atoms with Crippen molar-refractivity contribution in [1.29, 1.82) is 0 Å². The van der Waals surface area contributed by atoms with E-state index in [1.165, 1.54) is 36.5 Å². The largest absolute Gasteiger partial charge is 0.573 e. The van der Waals surface area contributed by atoms with Crippen molar-refractivity contribution in [3.05, 3.63) is 84.6 Å². The van der Waals surface area contributed by atoms with E-state index >= 15 is 0 Å². The van der Waals surface area contributed by atoms with Crippen LogP contribution in [0.15, 0.2) is 83.9 Å². The van der Waals surface area contributed by atoms with E-state index in [1.54, 1.807) is 55.3 Å². The maximum absolute atomic E-state index is 12.4. The predicted molar refractivity (Wildman–Crippen MR) is 148 cm³/mol. The average Bonchev–Trinajstić information content (AvgIpc) is 2.89. The van der Waals surface area contributed by atoms with Gasteiger partial charge >= 0.3 is 12.4 Å². The smallest absolute Gasteiger partial charge is 0.406 e. The summed E-state index contributed by atoms with van der Waals surface area (Å²) in [5, 5.41) is 13.4. The number of aromatic nitrogens is 2. The first-order chi connectivity index (χ1) is 19.3. The number of amides is 2. The van der Waals surface area contributed by atoms with Crippen LogP contribution in [0.2, 0.25) is 0 Å². The molecule has 0 unspecified atom stereocenters. The number of urea groups is 1. The standard InChI is InChI=1S/C26H24F3N7O4S/c1-16-14-20(40-26(27,28)29)10-11-22(16)34-25(37)33-17-6-8-19(9-7-17)36(2)23-12-13-31-24(35-23)32-18-4-3-5-21(15-18)41(30,38)39/h3-15H,1-2H3,(H2,30,38,39)(H,31,32,35)(H2,33,34,37). The fourth-order valence-electron chi connectivity index (χ4n) is 3.63. The number of hydrogen-bond donors (Lipinski definition) is 4. The molecular weight excluding hydrogens is 563 g/mol. The van der Waals surface area contributed by atoms with E-state index in [4.69, 9.17) is 5.14 Å². The molecule has 0 radical (unpaired) electrons. The van der Waals surface area contributed by atoms with Crippen molar-refractivity contribution in [1.82, 2.24) is 9.97 Å². The van der Waals surface area contributed by atoms with Gasteiger partial charge in [-0.15, -0.1) is 13.2 Å². The molecule has 0 spiro atoms. The molecule has 11 nitrogen and oxygen atoms in total. The van der Waals surface area contributed by atoms with Gasteiger partial charge in [0.05, 0.1) is 4.90 Å². The second-order valence-corrected chi connectivity index (χ2v) is 10.2. The number of carbonyl (C=O) groups is 1. The quantitative estimate of drug-likeness (QED) is 0.211. The highest BCUT2D eigenvalue weighted by atomic mass is 32.2. The summed E-state index contributed by atoms with van der Waals surface area (Å²) in [6, 6.07) is 17.4. The van der Waals surface area contributed by atoms with Gasteiger partial charge in [0.25, 0.3) is 0 Å². The summed E-state index contributed by atoms with van der Waals surface area (Å²) in [4.78, 5) is 22.8. The van der Waals surface area contributed by atoms with Crippen LogP contribution in [-0.2, 0) is 10.0 Å². The van der Waals surface area contributed by atoms with Gasteiger partial charge in [-0.3, -0.25) is 0 Å². The monoisotopic (exact) mass is 587 g/mol. The number of anilines is 6. The van der Waals surface area contributed by atoms with Crippen LogP contribution in [0.25, 0.3) is 0 Å². The molecule has 0 saturated heterocycles. The summed E-state index contributed by atoms with van der Waals surface area (Å²) in [6.45, 7) is 1.54. The van der Waals surface area contributed by atoms with Gasteiger partial charge in [0.2, 0.25) is 16.0 Å². The molecule has 2 amide bonds. The summed E-state index contributed by atoms with van der Waals surface area (Å²) in [5.74, 6) is 0.365. The minimum Gasteiger partial charge on any atom is -0.406 e. The predicted octanol–water partition coefficient (Wildman–Crippen LogP) is 5.49. The Morgan fingerprint density at radius 2 is 1.71 bits per heavy atom. The Kier molecular flexibility index (Phi) is 8.30. The van der Waals surface area contributed by atoms with Gasteiger partial charge < -0.3 is 25.6 Å². The Labute approximate surface area is 233 Å².